The van der Waals surface area contributed by atoms with Gasteiger partial charge in [-0.1, -0.05) is 6.07 Å². The molecule has 2 unspecified atom stereocenters. The van der Waals surface area contributed by atoms with Gasteiger partial charge in [-0.05, 0) is 53.9 Å². The minimum Gasteiger partial charge on any atom is -0.370 e. The molecule has 2 aromatic carbocycles. The van der Waals surface area contributed by atoms with E-state index >= 15 is 0 Å². The van der Waals surface area contributed by atoms with Crippen molar-refractivity contribution in [3.05, 3.63) is 64.2 Å². The summed E-state index contributed by atoms with van der Waals surface area (Å²) in [6.45, 7) is 1.85. The highest BCUT2D eigenvalue weighted by molar-refractivity contribution is 5.71. The summed E-state index contributed by atoms with van der Waals surface area (Å²) in [5, 5.41) is 13.0. The Kier molecular flexibility index (Phi) is 3.93. The quantitative estimate of drug-likeness (QED) is 0.912. The number of benzene rings is 2. The Morgan fingerprint density at radius 3 is 2.92 bits per heavy atom. The van der Waals surface area contributed by atoms with Crippen LogP contribution in [0.4, 0.5) is 14.5 Å². The van der Waals surface area contributed by atoms with Gasteiger partial charge in [-0.3, -0.25) is 0 Å². The van der Waals surface area contributed by atoms with Crippen molar-refractivity contribution in [1.82, 2.24) is 5.32 Å². The Bertz CT molecular complexity index is 872. The molecule has 1 saturated heterocycles. The van der Waals surface area contributed by atoms with Crippen LogP contribution in [0.15, 0.2) is 30.3 Å². The monoisotopic (exact) mass is 339 g/mol. The largest absolute Gasteiger partial charge is 0.370 e. The van der Waals surface area contributed by atoms with E-state index in [2.05, 4.69) is 22.4 Å². The number of nitriles is 1. The third-order valence-electron chi connectivity index (χ3n) is 5.42. The molecule has 2 aliphatic rings. The van der Waals surface area contributed by atoms with Gasteiger partial charge >= 0.3 is 0 Å². The molecule has 4 rings (SSSR count). The van der Waals surface area contributed by atoms with Gasteiger partial charge in [0.1, 0.15) is 17.7 Å². The minimum absolute atomic E-state index is 0.278. The molecule has 25 heavy (non-hydrogen) atoms. The van der Waals surface area contributed by atoms with Crippen LogP contribution in [0.5, 0.6) is 0 Å². The first-order valence-corrected chi connectivity index (χ1v) is 8.53. The lowest BCUT2D eigenvalue weighted by Gasteiger charge is -2.31. The van der Waals surface area contributed by atoms with Gasteiger partial charge in [-0.25, -0.2) is 8.78 Å². The summed E-state index contributed by atoms with van der Waals surface area (Å²) in [5.74, 6) is -0.540. The summed E-state index contributed by atoms with van der Waals surface area (Å²) >= 11 is 0. The summed E-state index contributed by atoms with van der Waals surface area (Å²) in [6, 6.07) is 10.1. The second kappa shape index (κ2) is 6.12. The van der Waals surface area contributed by atoms with Crippen LogP contribution in [0, 0.1) is 23.0 Å². The molecule has 5 heteroatoms. The smallest absolute Gasteiger partial charge is 0.126 e. The van der Waals surface area contributed by atoms with Crippen LogP contribution in [-0.4, -0.2) is 26.2 Å². The Morgan fingerprint density at radius 1 is 1.28 bits per heavy atom. The first-order valence-electron chi connectivity index (χ1n) is 8.53. The highest BCUT2D eigenvalue weighted by atomic mass is 19.1. The predicted octanol–water partition coefficient (Wildman–Crippen LogP) is 3.32. The van der Waals surface area contributed by atoms with Crippen molar-refractivity contribution in [1.29, 1.82) is 5.26 Å². The molecule has 0 aliphatic carbocycles. The van der Waals surface area contributed by atoms with E-state index in [9.17, 15) is 14.0 Å². The van der Waals surface area contributed by atoms with E-state index in [0.29, 0.717) is 23.1 Å². The van der Waals surface area contributed by atoms with Gasteiger partial charge in [0, 0.05) is 32.0 Å². The Labute approximate surface area is 145 Å². The molecule has 0 radical (unpaired) electrons. The van der Waals surface area contributed by atoms with Crippen LogP contribution in [0.2, 0.25) is 0 Å². The minimum atomic E-state index is -0.450. The van der Waals surface area contributed by atoms with Gasteiger partial charge in [0.15, 0.2) is 0 Å². The Hall–Kier alpha value is -2.45. The molecule has 1 fully saturated rings. The van der Waals surface area contributed by atoms with E-state index in [1.54, 1.807) is 0 Å². The predicted molar refractivity (Wildman–Crippen MR) is 92.7 cm³/mol. The van der Waals surface area contributed by atoms with Crippen molar-refractivity contribution in [2.75, 3.05) is 25.0 Å². The maximum absolute atomic E-state index is 14.0. The average Bonchev–Trinajstić information content (AvgIpc) is 2.91. The Balaban J connectivity index is 1.77. The van der Waals surface area contributed by atoms with Crippen LogP contribution in [0.1, 0.15) is 34.6 Å². The molecule has 0 bridgehead atoms. The second-order valence-corrected chi connectivity index (χ2v) is 6.88. The second-order valence-electron chi connectivity index (χ2n) is 6.88. The van der Waals surface area contributed by atoms with Crippen LogP contribution in [0.3, 0.4) is 0 Å². The number of nitrogens with one attached hydrogen (secondary N) is 1. The standard InChI is InChI=1S/C20H19F2N3/c1-25-19-4-5-24-11-17(19)16-8-12(7-14(10-23)20(16)25)6-13-9-15(21)2-3-18(13)22/h2-3,7-9,17,19,24H,4-6,11H2,1H3. The number of nitrogens with zero attached hydrogens (tertiary/aromatic N) is 2. The molecular formula is C20H19F2N3. The van der Waals surface area contributed by atoms with Crippen LogP contribution < -0.4 is 10.2 Å². The molecule has 128 valence electrons. The average molecular weight is 339 g/mol. The number of anilines is 1. The fraction of sp³-hybridized carbons (Fsp3) is 0.350. The van der Waals surface area contributed by atoms with E-state index in [-0.39, 0.29) is 6.42 Å². The number of likely N-dealkylation sites (N-methyl/N-ethyl adjacent to an activating group) is 1. The van der Waals surface area contributed by atoms with Crippen molar-refractivity contribution < 1.29 is 8.78 Å². The summed E-state index contributed by atoms with van der Waals surface area (Å²) in [7, 11) is 2.04. The molecule has 3 nitrogen and oxygen atoms in total. The number of hydrogen-bond donors (Lipinski definition) is 1. The molecule has 1 N–H and O–H groups in total. The van der Waals surface area contributed by atoms with Gasteiger partial charge < -0.3 is 10.2 Å². The molecule has 2 aliphatic heterocycles. The zero-order valence-corrected chi connectivity index (χ0v) is 14.0. The van der Waals surface area contributed by atoms with E-state index in [1.165, 1.54) is 6.07 Å². The molecule has 2 aromatic rings. The summed E-state index contributed by atoms with van der Waals surface area (Å²) in [6.07, 6.45) is 1.31. The van der Waals surface area contributed by atoms with Gasteiger partial charge in [0.05, 0.1) is 11.3 Å². The van der Waals surface area contributed by atoms with Crippen LogP contribution in [0.25, 0.3) is 0 Å². The SMILES string of the molecule is CN1c2c(C#N)cc(Cc3cc(F)ccc3F)cc2C2CNCCC21. The van der Waals surface area contributed by atoms with Gasteiger partial charge in [0.25, 0.3) is 0 Å². The fourth-order valence-electron chi connectivity index (χ4n) is 4.27. The maximum Gasteiger partial charge on any atom is 0.126 e. The number of fused-ring (bicyclic) bond motifs is 3. The maximum atomic E-state index is 14.0. The van der Waals surface area contributed by atoms with Crippen molar-refractivity contribution in [3.63, 3.8) is 0 Å². The lowest BCUT2D eigenvalue weighted by molar-refractivity contribution is 0.413. The zero-order valence-electron chi connectivity index (χ0n) is 14.0. The number of rotatable bonds is 2. The van der Waals surface area contributed by atoms with Gasteiger partial charge in [-0.2, -0.15) is 5.26 Å². The van der Waals surface area contributed by atoms with E-state index < -0.39 is 11.6 Å². The van der Waals surface area contributed by atoms with E-state index in [0.717, 1.165) is 48.5 Å². The highest BCUT2D eigenvalue weighted by Gasteiger charge is 2.39. The lowest BCUT2D eigenvalue weighted by Crippen LogP contribution is -2.42. The van der Waals surface area contributed by atoms with Crippen LogP contribution in [-0.2, 0) is 6.42 Å². The number of halogens is 2. The van der Waals surface area contributed by atoms with Crippen molar-refractivity contribution >= 4 is 5.69 Å². The normalized spacial score (nSPS) is 21.6. The molecule has 0 aromatic heterocycles. The van der Waals surface area contributed by atoms with E-state index in [4.69, 9.17) is 0 Å². The molecule has 0 saturated carbocycles. The summed E-state index contributed by atoms with van der Waals surface area (Å²) < 4.78 is 27.4. The van der Waals surface area contributed by atoms with E-state index in [1.807, 2.05) is 13.1 Å². The lowest BCUT2D eigenvalue weighted by atomic mass is 9.88. The molecular weight excluding hydrogens is 320 g/mol. The van der Waals surface area contributed by atoms with Crippen LogP contribution >= 0.6 is 0 Å². The third-order valence-corrected chi connectivity index (χ3v) is 5.42. The molecule has 2 heterocycles. The Morgan fingerprint density at radius 2 is 2.12 bits per heavy atom. The highest BCUT2D eigenvalue weighted by Crippen LogP contribution is 2.44. The van der Waals surface area contributed by atoms with Crippen molar-refractivity contribution in [3.8, 4) is 6.07 Å². The fourth-order valence-corrected chi connectivity index (χ4v) is 4.27. The third kappa shape index (κ3) is 2.67. The number of hydrogen-bond acceptors (Lipinski definition) is 3. The summed E-state index contributed by atoms with van der Waals surface area (Å²) in [4.78, 5) is 2.21. The molecule has 2 atom stereocenters. The summed E-state index contributed by atoms with van der Waals surface area (Å²) in [5.41, 5.74) is 3.91. The molecule has 0 amide bonds. The van der Waals surface area contributed by atoms with Crippen molar-refractivity contribution in [2.45, 2.75) is 24.8 Å². The van der Waals surface area contributed by atoms with Crippen molar-refractivity contribution in [2.24, 2.45) is 0 Å². The number of piperidine rings is 1. The topological polar surface area (TPSA) is 39.1 Å². The first kappa shape index (κ1) is 16.0. The van der Waals surface area contributed by atoms with Gasteiger partial charge in [-0.15, -0.1) is 0 Å². The zero-order chi connectivity index (χ0) is 17.6. The molecule has 0 spiro atoms. The van der Waals surface area contributed by atoms with Gasteiger partial charge in [0.2, 0.25) is 0 Å². The first-order chi connectivity index (χ1) is 12.1.